The first kappa shape index (κ1) is 14.2. The molecule has 0 radical (unpaired) electrons. The van der Waals surface area contributed by atoms with Crippen LogP contribution in [0, 0.1) is 21.3 Å². The van der Waals surface area contributed by atoms with Crippen LogP contribution in [0.15, 0.2) is 18.2 Å². The van der Waals surface area contributed by atoms with Crippen LogP contribution in [0.25, 0.3) is 0 Å². The summed E-state index contributed by atoms with van der Waals surface area (Å²) in [7, 11) is 0. The van der Waals surface area contributed by atoms with Crippen LogP contribution in [0.3, 0.4) is 0 Å². The van der Waals surface area contributed by atoms with E-state index in [-0.39, 0.29) is 17.4 Å². The predicted molar refractivity (Wildman–Crippen MR) is 70.1 cm³/mol. The molecule has 20 heavy (non-hydrogen) atoms. The summed E-state index contributed by atoms with van der Waals surface area (Å²) in [5.74, 6) is -1.64. The molecule has 0 bridgehead atoms. The average molecular weight is 282 g/mol. The molecule has 0 spiro atoms. The van der Waals surface area contributed by atoms with E-state index in [1.807, 2.05) is 0 Å². The first-order chi connectivity index (χ1) is 9.33. The first-order valence-corrected chi connectivity index (χ1v) is 6.28. The van der Waals surface area contributed by atoms with Crippen molar-refractivity contribution in [2.45, 2.75) is 32.2 Å². The number of nitrogens with one attached hydrogen (secondary N) is 1. The van der Waals surface area contributed by atoms with E-state index in [4.69, 9.17) is 0 Å². The highest BCUT2D eigenvalue weighted by Gasteiger charge is 2.45. The quantitative estimate of drug-likeness (QED) is 0.654. The number of rotatable bonds is 4. The zero-order valence-corrected chi connectivity index (χ0v) is 10.9. The Labute approximate surface area is 114 Å². The smallest absolute Gasteiger partial charge is 0.311 e. The molecule has 1 aliphatic rings. The third-order valence-electron chi connectivity index (χ3n) is 3.88. The molecule has 1 aliphatic carbocycles. The van der Waals surface area contributed by atoms with E-state index in [2.05, 4.69) is 5.32 Å². The summed E-state index contributed by atoms with van der Waals surface area (Å²) >= 11 is 0. The van der Waals surface area contributed by atoms with Gasteiger partial charge in [0, 0.05) is 17.8 Å². The number of hydrogen-bond donors (Lipinski definition) is 2. The van der Waals surface area contributed by atoms with Gasteiger partial charge in [0.1, 0.15) is 5.82 Å². The van der Waals surface area contributed by atoms with Crippen LogP contribution < -0.4 is 5.32 Å². The Morgan fingerprint density at radius 2 is 2.25 bits per heavy atom. The summed E-state index contributed by atoms with van der Waals surface area (Å²) < 4.78 is 13.4. The highest BCUT2D eigenvalue weighted by molar-refractivity contribution is 5.76. The number of nitrogens with zero attached hydrogens (tertiary/aromatic N) is 1. The summed E-state index contributed by atoms with van der Waals surface area (Å²) in [5, 5.41) is 22.9. The van der Waals surface area contributed by atoms with Gasteiger partial charge in [0.2, 0.25) is 0 Å². The molecular formula is C13H15FN2O4. The molecule has 0 heterocycles. The third kappa shape index (κ3) is 2.56. The molecule has 108 valence electrons. The highest BCUT2D eigenvalue weighted by atomic mass is 19.1. The van der Waals surface area contributed by atoms with Crippen molar-refractivity contribution in [2.75, 3.05) is 5.32 Å². The van der Waals surface area contributed by atoms with Crippen molar-refractivity contribution >= 4 is 17.3 Å². The van der Waals surface area contributed by atoms with Crippen molar-refractivity contribution in [1.82, 2.24) is 0 Å². The number of hydrogen-bond acceptors (Lipinski definition) is 4. The van der Waals surface area contributed by atoms with Crippen molar-refractivity contribution < 1.29 is 19.2 Å². The molecular weight excluding hydrogens is 267 g/mol. The van der Waals surface area contributed by atoms with Crippen molar-refractivity contribution in [3.05, 3.63) is 34.1 Å². The molecule has 0 saturated heterocycles. The maximum Gasteiger partial charge on any atom is 0.311 e. The van der Waals surface area contributed by atoms with Gasteiger partial charge in [-0.05, 0) is 25.8 Å². The second-order valence-electron chi connectivity index (χ2n) is 5.27. The largest absolute Gasteiger partial charge is 0.481 e. The Hall–Kier alpha value is -2.18. The zero-order chi connectivity index (χ0) is 14.9. The minimum absolute atomic E-state index is 0.232. The van der Waals surface area contributed by atoms with Crippen LogP contribution in [0.1, 0.15) is 26.2 Å². The van der Waals surface area contributed by atoms with Gasteiger partial charge in [-0.1, -0.05) is 6.42 Å². The molecule has 2 atom stereocenters. The lowest BCUT2D eigenvalue weighted by Gasteiger charge is -2.28. The van der Waals surface area contributed by atoms with Gasteiger partial charge >= 0.3 is 5.97 Å². The molecule has 1 aromatic rings. The van der Waals surface area contributed by atoms with E-state index in [1.54, 1.807) is 6.92 Å². The van der Waals surface area contributed by atoms with Crippen LogP contribution in [-0.2, 0) is 4.79 Å². The van der Waals surface area contributed by atoms with Crippen LogP contribution in [0.5, 0.6) is 0 Å². The number of anilines is 1. The number of halogens is 1. The van der Waals surface area contributed by atoms with Crippen molar-refractivity contribution in [3.63, 3.8) is 0 Å². The molecule has 2 rings (SSSR count). The standard InChI is InChI=1S/C13H15FN2O4/c1-13(12(17)18)4-2-3-11(13)15-9-5-8(14)6-10(7-9)16(19)20/h5-7,11,15H,2-4H2,1H3,(H,17,18). The van der Waals surface area contributed by atoms with E-state index < -0.39 is 22.1 Å². The summed E-state index contributed by atoms with van der Waals surface area (Å²) in [5.41, 5.74) is -1.07. The summed E-state index contributed by atoms with van der Waals surface area (Å²) in [6, 6.07) is 2.80. The number of nitro benzene ring substituents is 1. The molecule has 2 unspecified atom stereocenters. The minimum Gasteiger partial charge on any atom is -0.481 e. The van der Waals surface area contributed by atoms with Gasteiger partial charge in [-0.2, -0.15) is 0 Å². The number of carbonyl (C=O) groups is 1. The number of carboxylic acids is 1. The monoisotopic (exact) mass is 282 g/mol. The molecule has 6 nitrogen and oxygen atoms in total. The van der Waals surface area contributed by atoms with Gasteiger partial charge in [0.25, 0.3) is 5.69 Å². The molecule has 1 saturated carbocycles. The van der Waals surface area contributed by atoms with Gasteiger partial charge in [-0.3, -0.25) is 14.9 Å². The normalized spacial score (nSPS) is 25.4. The maximum atomic E-state index is 13.4. The highest BCUT2D eigenvalue weighted by Crippen LogP contribution is 2.40. The summed E-state index contributed by atoms with van der Waals surface area (Å²) in [4.78, 5) is 21.4. The number of nitro groups is 1. The second kappa shape index (κ2) is 5.07. The molecule has 1 fully saturated rings. The second-order valence-corrected chi connectivity index (χ2v) is 5.27. The first-order valence-electron chi connectivity index (χ1n) is 6.28. The lowest BCUT2D eigenvalue weighted by molar-refractivity contribution is -0.385. The molecule has 7 heteroatoms. The van der Waals surface area contributed by atoms with E-state index >= 15 is 0 Å². The fraction of sp³-hybridized carbons (Fsp3) is 0.462. The van der Waals surface area contributed by atoms with Gasteiger partial charge in [-0.25, -0.2) is 4.39 Å². The van der Waals surface area contributed by atoms with Gasteiger partial charge in [-0.15, -0.1) is 0 Å². The Morgan fingerprint density at radius 1 is 1.55 bits per heavy atom. The molecule has 2 N–H and O–H groups in total. The van der Waals surface area contributed by atoms with Crippen molar-refractivity contribution in [2.24, 2.45) is 5.41 Å². The van der Waals surface area contributed by atoms with Crippen LogP contribution in [0.2, 0.25) is 0 Å². The van der Waals surface area contributed by atoms with E-state index in [1.165, 1.54) is 6.07 Å². The number of non-ortho nitro benzene ring substituents is 1. The molecule has 0 amide bonds. The lowest BCUT2D eigenvalue weighted by Crippen LogP contribution is -2.40. The van der Waals surface area contributed by atoms with Gasteiger partial charge < -0.3 is 10.4 Å². The van der Waals surface area contributed by atoms with Gasteiger partial charge in [0.15, 0.2) is 0 Å². The maximum absolute atomic E-state index is 13.4. The van der Waals surface area contributed by atoms with Crippen LogP contribution in [-0.4, -0.2) is 22.0 Å². The van der Waals surface area contributed by atoms with Crippen molar-refractivity contribution in [1.29, 1.82) is 0 Å². The number of benzene rings is 1. The Bertz CT molecular complexity index is 563. The fourth-order valence-electron chi connectivity index (χ4n) is 2.62. The third-order valence-corrected chi connectivity index (χ3v) is 3.88. The Kier molecular flexibility index (Phi) is 3.61. The predicted octanol–water partition coefficient (Wildman–Crippen LogP) is 2.79. The summed E-state index contributed by atoms with van der Waals surface area (Å²) in [6.07, 6.45) is 1.91. The molecule has 1 aromatic carbocycles. The fourth-order valence-corrected chi connectivity index (χ4v) is 2.62. The van der Waals surface area contributed by atoms with Crippen LogP contribution >= 0.6 is 0 Å². The zero-order valence-electron chi connectivity index (χ0n) is 10.9. The Morgan fingerprint density at radius 3 is 2.85 bits per heavy atom. The van der Waals surface area contributed by atoms with Crippen LogP contribution in [0.4, 0.5) is 15.8 Å². The average Bonchev–Trinajstić information content (AvgIpc) is 2.71. The van der Waals surface area contributed by atoms with E-state index in [0.717, 1.165) is 18.6 Å². The van der Waals surface area contributed by atoms with E-state index in [9.17, 15) is 24.4 Å². The van der Waals surface area contributed by atoms with E-state index in [0.29, 0.717) is 12.8 Å². The van der Waals surface area contributed by atoms with Crippen molar-refractivity contribution in [3.8, 4) is 0 Å². The number of carboxylic acid groups (broad SMARTS) is 1. The Balaban J connectivity index is 2.26. The lowest BCUT2D eigenvalue weighted by atomic mass is 9.85. The summed E-state index contributed by atoms with van der Waals surface area (Å²) in [6.45, 7) is 1.63. The SMILES string of the molecule is CC1(C(=O)O)CCCC1Nc1cc(F)cc([N+](=O)[O-])c1. The molecule has 0 aromatic heterocycles. The minimum atomic E-state index is -0.943. The number of aliphatic carboxylic acids is 1. The topological polar surface area (TPSA) is 92.5 Å². The molecule has 0 aliphatic heterocycles. The van der Waals surface area contributed by atoms with Gasteiger partial charge in [0.05, 0.1) is 16.4 Å².